The molecule has 106 valence electrons. The molecule has 3 heteroatoms. The normalized spacial score (nSPS) is 17.4. The zero-order valence-corrected chi connectivity index (χ0v) is 12.2. The highest BCUT2D eigenvalue weighted by Crippen LogP contribution is 2.19. The van der Waals surface area contributed by atoms with E-state index in [4.69, 9.17) is 4.74 Å². The molecule has 0 amide bonds. The molecule has 1 N–H and O–H groups in total. The van der Waals surface area contributed by atoms with Gasteiger partial charge in [0, 0.05) is 24.8 Å². The summed E-state index contributed by atoms with van der Waals surface area (Å²) in [6.45, 7) is 8.68. The van der Waals surface area contributed by atoms with Crippen LogP contribution in [0.5, 0.6) is 5.75 Å². The fourth-order valence-corrected chi connectivity index (χ4v) is 2.67. The zero-order valence-electron chi connectivity index (χ0n) is 12.2. The number of hydrogen-bond donors (Lipinski definition) is 1. The van der Waals surface area contributed by atoms with Crippen LogP contribution < -0.4 is 10.1 Å². The van der Waals surface area contributed by atoms with Crippen molar-refractivity contribution in [2.45, 2.75) is 39.2 Å². The Hall–Kier alpha value is -1.22. The molecule has 0 unspecified atom stereocenters. The second kappa shape index (κ2) is 7.39. The molecule has 1 aliphatic rings. The number of nitrogens with one attached hydrogen (secondary N) is 1. The van der Waals surface area contributed by atoms with Crippen LogP contribution in [0.4, 0.5) is 5.69 Å². The van der Waals surface area contributed by atoms with Crippen molar-refractivity contribution in [1.82, 2.24) is 4.90 Å². The van der Waals surface area contributed by atoms with Gasteiger partial charge in [0.25, 0.3) is 0 Å². The molecule has 0 atom stereocenters. The van der Waals surface area contributed by atoms with Gasteiger partial charge in [0.05, 0.1) is 6.61 Å². The van der Waals surface area contributed by atoms with Gasteiger partial charge in [0.2, 0.25) is 0 Å². The van der Waals surface area contributed by atoms with E-state index in [9.17, 15) is 0 Å². The summed E-state index contributed by atoms with van der Waals surface area (Å²) in [6, 6.07) is 8.93. The molecule has 0 spiro atoms. The lowest BCUT2D eigenvalue weighted by Crippen LogP contribution is -2.39. The standard InChI is InChI=1S/C16H26N2O/c1-3-11-18-12-9-15(10-13-18)17-14-5-7-16(8-6-14)19-4-2/h5-8,15,17H,3-4,9-13H2,1-2H3. The van der Waals surface area contributed by atoms with Gasteiger partial charge in [0.1, 0.15) is 5.75 Å². The molecule has 0 bridgehead atoms. The molecule has 0 radical (unpaired) electrons. The van der Waals surface area contributed by atoms with Gasteiger partial charge in [-0.1, -0.05) is 6.92 Å². The summed E-state index contributed by atoms with van der Waals surface area (Å²) >= 11 is 0. The third-order valence-corrected chi connectivity index (χ3v) is 3.66. The van der Waals surface area contributed by atoms with Crippen molar-refractivity contribution in [2.24, 2.45) is 0 Å². The van der Waals surface area contributed by atoms with Crippen LogP contribution in [0.15, 0.2) is 24.3 Å². The number of nitrogens with zero attached hydrogens (tertiary/aromatic N) is 1. The molecule has 19 heavy (non-hydrogen) atoms. The van der Waals surface area contributed by atoms with E-state index in [1.54, 1.807) is 0 Å². The third-order valence-electron chi connectivity index (χ3n) is 3.66. The maximum Gasteiger partial charge on any atom is 0.119 e. The minimum absolute atomic E-state index is 0.617. The minimum Gasteiger partial charge on any atom is -0.494 e. The second-order valence-corrected chi connectivity index (χ2v) is 5.22. The van der Waals surface area contributed by atoms with Crippen LogP contribution in [0.25, 0.3) is 0 Å². The highest BCUT2D eigenvalue weighted by molar-refractivity contribution is 5.47. The molecular weight excluding hydrogens is 236 g/mol. The summed E-state index contributed by atoms with van der Waals surface area (Å²) in [7, 11) is 0. The van der Waals surface area contributed by atoms with Gasteiger partial charge in [-0.25, -0.2) is 0 Å². The lowest BCUT2D eigenvalue weighted by molar-refractivity contribution is 0.219. The lowest BCUT2D eigenvalue weighted by Gasteiger charge is -2.32. The van der Waals surface area contributed by atoms with Gasteiger partial charge >= 0.3 is 0 Å². The summed E-state index contributed by atoms with van der Waals surface area (Å²) in [4.78, 5) is 2.57. The molecule has 1 heterocycles. The van der Waals surface area contributed by atoms with Crippen LogP contribution >= 0.6 is 0 Å². The van der Waals surface area contributed by atoms with Gasteiger partial charge in [0.15, 0.2) is 0 Å². The predicted molar refractivity (Wildman–Crippen MR) is 81.0 cm³/mol. The number of likely N-dealkylation sites (tertiary alicyclic amines) is 1. The van der Waals surface area contributed by atoms with E-state index in [2.05, 4.69) is 29.3 Å². The van der Waals surface area contributed by atoms with Crippen LogP contribution in [0, 0.1) is 0 Å². The van der Waals surface area contributed by atoms with Crippen LogP contribution in [0.1, 0.15) is 33.1 Å². The summed E-state index contributed by atoms with van der Waals surface area (Å²) in [5, 5.41) is 3.63. The largest absolute Gasteiger partial charge is 0.494 e. The Labute approximate surface area is 116 Å². The Morgan fingerprint density at radius 2 is 1.84 bits per heavy atom. The smallest absolute Gasteiger partial charge is 0.119 e. The van der Waals surface area contributed by atoms with Crippen LogP contribution in [0.3, 0.4) is 0 Å². The number of piperidine rings is 1. The fraction of sp³-hybridized carbons (Fsp3) is 0.625. The maximum atomic E-state index is 5.46. The SMILES string of the molecule is CCCN1CCC(Nc2ccc(OCC)cc2)CC1. The Morgan fingerprint density at radius 3 is 2.42 bits per heavy atom. The van der Waals surface area contributed by atoms with Gasteiger partial charge in [-0.15, -0.1) is 0 Å². The lowest BCUT2D eigenvalue weighted by atomic mass is 10.0. The molecular formula is C16H26N2O. The topological polar surface area (TPSA) is 24.5 Å². The molecule has 0 saturated carbocycles. The van der Waals surface area contributed by atoms with Crippen LogP contribution in [-0.4, -0.2) is 37.2 Å². The summed E-state index contributed by atoms with van der Waals surface area (Å²) in [5.41, 5.74) is 1.21. The molecule has 1 saturated heterocycles. The molecule has 1 aliphatic heterocycles. The fourth-order valence-electron chi connectivity index (χ4n) is 2.67. The van der Waals surface area contributed by atoms with Crippen molar-refractivity contribution in [2.75, 3.05) is 31.6 Å². The minimum atomic E-state index is 0.617. The van der Waals surface area contributed by atoms with Crippen molar-refractivity contribution >= 4 is 5.69 Å². The highest BCUT2D eigenvalue weighted by Gasteiger charge is 2.18. The van der Waals surface area contributed by atoms with E-state index in [0.717, 1.165) is 12.4 Å². The Balaban J connectivity index is 1.78. The number of rotatable bonds is 6. The first kappa shape index (κ1) is 14.2. The van der Waals surface area contributed by atoms with Crippen molar-refractivity contribution in [1.29, 1.82) is 0 Å². The van der Waals surface area contributed by atoms with Crippen LogP contribution in [-0.2, 0) is 0 Å². The molecule has 1 aromatic rings. The highest BCUT2D eigenvalue weighted by atomic mass is 16.5. The quantitative estimate of drug-likeness (QED) is 0.850. The van der Waals surface area contributed by atoms with Crippen molar-refractivity contribution < 1.29 is 4.74 Å². The zero-order chi connectivity index (χ0) is 13.5. The summed E-state index contributed by atoms with van der Waals surface area (Å²) in [5.74, 6) is 0.950. The van der Waals surface area contributed by atoms with E-state index in [0.29, 0.717) is 6.04 Å². The number of hydrogen-bond acceptors (Lipinski definition) is 3. The van der Waals surface area contributed by atoms with Crippen molar-refractivity contribution in [3.8, 4) is 5.75 Å². The Bertz CT molecular complexity index is 356. The first-order valence-corrected chi connectivity index (χ1v) is 7.53. The molecule has 0 aliphatic carbocycles. The average molecular weight is 262 g/mol. The second-order valence-electron chi connectivity index (χ2n) is 5.22. The Morgan fingerprint density at radius 1 is 1.16 bits per heavy atom. The Kier molecular flexibility index (Phi) is 5.52. The molecule has 1 aromatic carbocycles. The first-order chi connectivity index (χ1) is 9.31. The monoisotopic (exact) mass is 262 g/mol. The van der Waals surface area contributed by atoms with E-state index in [-0.39, 0.29) is 0 Å². The molecule has 2 rings (SSSR count). The number of benzene rings is 1. The van der Waals surface area contributed by atoms with E-state index in [1.807, 2.05) is 19.1 Å². The van der Waals surface area contributed by atoms with Gasteiger partial charge in [-0.2, -0.15) is 0 Å². The average Bonchev–Trinajstić information content (AvgIpc) is 2.44. The molecule has 1 fully saturated rings. The van der Waals surface area contributed by atoms with E-state index < -0.39 is 0 Å². The maximum absolute atomic E-state index is 5.46. The third kappa shape index (κ3) is 4.43. The number of anilines is 1. The molecule has 0 aromatic heterocycles. The van der Waals surface area contributed by atoms with E-state index >= 15 is 0 Å². The summed E-state index contributed by atoms with van der Waals surface area (Å²) in [6.07, 6.45) is 3.75. The van der Waals surface area contributed by atoms with Crippen molar-refractivity contribution in [3.05, 3.63) is 24.3 Å². The van der Waals surface area contributed by atoms with Gasteiger partial charge in [-0.05, 0) is 57.0 Å². The van der Waals surface area contributed by atoms with Gasteiger partial charge < -0.3 is 15.0 Å². The van der Waals surface area contributed by atoms with E-state index in [1.165, 1.54) is 44.6 Å². The van der Waals surface area contributed by atoms with Crippen molar-refractivity contribution in [3.63, 3.8) is 0 Å². The summed E-state index contributed by atoms with van der Waals surface area (Å²) < 4.78 is 5.46. The first-order valence-electron chi connectivity index (χ1n) is 7.53. The number of ether oxygens (including phenoxy) is 1. The molecule has 3 nitrogen and oxygen atoms in total. The van der Waals surface area contributed by atoms with Crippen LogP contribution in [0.2, 0.25) is 0 Å². The predicted octanol–water partition coefficient (Wildman–Crippen LogP) is 3.37. The van der Waals surface area contributed by atoms with Gasteiger partial charge in [-0.3, -0.25) is 0 Å².